The lowest BCUT2D eigenvalue weighted by molar-refractivity contribution is -0.152. The molecule has 0 N–H and O–H groups in total. The van der Waals surface area contributed by atoms with Gasteiger partial charge in [0.25, 0.3) is 6.47 Å². The van der Waals surface area contributed by atoms with Crippen molar-refractivity contribution in [2.75, 3.05) is 33.4 Å². The molecule has 3 rings (SSSR count). The molecule has 1 aromatic rings. The van der Waals surface area contributed by atoms with Gasteiger partial charge in [0.05, 0.1) is 44.4 Å². The number of allylic oxidation sites excluding steroid dienone is 5. The first-order chi connectivity index (χ1) is 23.3. The molecule has 0 fully saturated rings. The topological polar surface area (TPSA) is 147 Å². The molecular formula is C34H51FN6O7. The zero-order chi connectivity index (χ0) is 35.1. The normalized spacial score (nSPS) is 21.1. The van der Waals surface area contributed by atoms with Crippen LogP contribution in [0.4, 0.5) is 4.39 Å². The van der Waals surface area contributed by atoms with Crippen molar-refractivity contribution in [3.05, 3.63) is 47.6 Å². The lowest BCUT2D eigenvalue weighted by Gasteiger charge is -2.29. The van der Waals surface area contributed by atoms with Crippen molar-refractivity contribution < 1.29 is 37.8 Å². The van der Waals surface area contributed by atoms with E-state index >= 15 is 4.39 Å². The van der Waals surface area contributed by atoms with E-state index < -0.39 is 18.0 Å². The standard InChI is InChI=1S/C32H45FN6O7.C2H6/c1-4-7-25(18-34-19-27-10-11-29(46-36-27)22-44-32(42)13-12-31(41)43-5-2)24-8-6-9-28(17-26(33)16-24)38(3)20-30(45-23-40)21-39-15-14-35-37-39;1-2/h7-8,14-15,17-18,23,28-30H,4-6,9-13,16,19-22H2,1-3H3;1-2H3/b24-8+,25-7+,26-17+,34-18?;. The van der Waals surface area contributed by atoms with Crippen molar-refractivity contribution in [1.29, 1.82) is 0 Å². The SMILES string of the molecule is CC.CC/C=C(C=NCC1=NOC(COC(=O)CCC(=O)OCC)CC1)/C1=C/CCC(N(C)CC(Cn2ccnn2)OC=O)/C=C(/F)C1. The molecule has 14 heteroatoms. The van der Waals surface area contributed by atoms with E-state index in [1.807, 2.05) is 38.8 Å². The van der Waals surface area contributed by atoms with E-state index in [4.69, 9.17) is 19.0 Å². The minimum Gasteiger partial charge on any atom is -0.466 e. The van der Waals surface area contributed by atoms with Gasteiger partial charge < -0.3 is 19.0 Å². The minimum absolute atomic E-state index is 0.0172. The molecule has 1 aromatic heterocycles. The molecule has 0 radical (unpaired) electrons. The summed E-state index contributed by atoms with van der Waals surface area (Å²) in [6.07, 6.45) is 13.5. The van der Waals surface area contributed by atoms with Crippen molar-refractivity contribution in [2.45, 2.75) is 104 Å². The number of halogens is 1. The van der Waals surface area contributed by atoms with Crippen LogP contribution in [-0.4, -0.2) is 102 Å². The van der Waals surface area contributed by atoms with Gasteiger partial charge >= 0.3 is 11.9 Å². The second kappa shape index (κ2) is 23.2. The average Bonchev–Trinajstić information content (AvgIpc) is 3.58. The summed E-state index contributed by atoms with van der Waals surface area (Å²) in [5.41, 5.74) is 2.51. The summed E-state index contributed by atoms with van der Waals surface area (Å²) in [6, 6.07) is -0.167. The number of oxime groups is 1. The number of carbonyl (C=O) groups excluding carboxylic acids is 3. The summed E-state index contributed by atoms with van der Waals surface area (Å²) >= 11 is 0. The first-order valence-electron chi connectivity index (χ1n) is 16.7. The Hall–Kier alpha value is -4.20. The smallest absolute Gasteiger partial charge is 0.306 e. The van der Waals surface area contributed by atoms with E-state index in [9.17, 15) is 14.4 Å². The maximum atomic E-state index is 15.3. The molecule has 2 heterocycles. The van der Waals surface area contributed by atoms with Gasteiger partial charge in [-0.3, -0.25) is 24.3 Å². The van der Waals surface area contributed by atoms with Crippen LogP contribution < -0.4 is 0 Å². The van der Waals surface area contributed by atoms with Crippen LogP contribution in [-0.2, 0) is 40.0 Å². The number of ether oxygens (including phenoxy) is 3. The number of nitrogens with zero attached hydrogens (tertiary/aromatic N) is 6. The van der Waals surface area contributed by atoms with Gasteiger partial charge in [-0.2, -0.15) is 0 Å². The van der Waals surface area contributed by atoms with E-state index in [0.717, 1.165) is 29.7 Å². The number of hydrogen-bond acceptors (Lipinski definition) is 12. The number of hydrogen-bond donors (Lipinski definition) is 0. The highest BCUT2D eigenvalue weighted by molar-refractivity contribution is 5.90. The highest BCUT2D eigenvalue weighted by atomic mass is 19.1. The monoisotopic (exact) mass is 674 g/mol. The van der Waals surface area contributed by atoms with Gasteiger partial charge in [-0.25, -0.2) is 9.07 Å². The van der Waals surface area contributed by atoms with Gasteiger partial charge in [-0.05, 0) is 63.3 Å². The van der Waals surface area contributed by atoms with Crippen LogP contribution in [0.5, 0.6) is 0 Å². The fraction of sp³-hybridized carbons (Fsp3) is 0.618. The van der Waals surface area contributed by atoms with Gasteiger partial charge in [-0.15, -0.1) is 5.10 Å². The number of aliphatic imine (C=N–C) groups is 1. The van der Waals surface area contributed by atoms with Crippen molar-refractivity contribution in [3.63, 3.8) is 0 Å². The van der Waals surface area contributed by atoms with Crippen LogP contribution in [0.2, 0.25) is 0 Å². The Kier molecular flexibility index (Phi) is 19.3. The van der Waals surface area contributed by atoms with Crippen LogP contribution in [0.1, 0.15) is 79.1 Å². The summed E-state index contributed by atoms with van der Waals surface area (Å²) in [5.74, 6) is -1.15. The Labute approximate surface area is 282 Å². The summed E-state index contributed by atoms with van der Waals surface area (Å²) in [7, 11) is 1.89. The lowest BCUT2D eigenvalue weighted by Crippen LogP contribution is -2.39. The van der Waals surface area contributed by atoms with Crippen molar-refractivity contribution >= 4 is 30.3 Å². The van der Waals surface area contributed by atoms with Gasteiger partial charge in [-0.1, -0.05) is 43.3 Å². The number of rotatable bonds is 18. The van der Waals surface area contributed by atoms with E-state index in [1.165, 1.54) is 0 Å². The zero-order valence-corrected chi connectivity index (χ0v) is 28.9. The van der Waals surface area contributed by atoms with Gasteiger partial charge in [0.1, 0.15) is 18.5 Å². The van der Waals surface area contributed by atoms with E-state index in [0.29, 0.717) is 45.4 Å². The second-order valence-corrected chi connectivity index (χ2v) is 11.0. The molecule has 266 valence electrons. The molecule has 0 amide bonds. The molecule has 13 nitrogen and oxygen atoms in total. The molecule has 0 saturated heterocycles. The van der Waals surface area contributed by atoms with Crippen LogP contribution in [0.3, 0.4) is 0 Å². The quantitative estimate of drug-likeness (QED) is 0.0908. The third-order valence-corrected chi connectivity index (χ3v) is 7.41. The van der Waals surface area contributed by atoms with Crippen LogP contribution in [0.15, 0.2) is 57.7 Å². The highest BCUT2D eigenvalue weighted by Crippen LogP contribution is 2.26. The summed E-state index contributed by atoms with van der Waals surface area (Å²) in [5, 5.41) is 11.9. The second-order valence-electron chi connectivity index (χ2n) is 11.0. The zero-order valence-electron chi connectivity index (χ0n) is 28.9. The fourth-order valence-electron chi connectivity index (χ4n) is 5.05. The van der Waals surface area contributed by atoms with E-state index in [-0.39, 0.29) is 50.4 Å². The number of esters is 2. The van der Waals surface area contributed by atoms with Crippen LogP contribution in [0.25, 0.3) is 0 Å². The van der Waals surface area contributed by atoms with Crippen LogP contribution >= 0.6 is 0 Å². The summed E-state index contributed by atoms with van der Waals surface area (Å²) in [6.45, 7) is 9.58. The molecule has 0 aromatic carbocycles. The minimum atomic E-state index is -0.485. The maximum absolute atomic E-state index is 15.3. The molecule has 0 bridgehead atoms. The molecule has 1 aliphatic carbocycles. The molecule has 3 unspecified atom stereocenters. The lowest BCUT2D eigenvalue weighted by atomic mass is 9.95. The van der Waals surface area contributed by atoms with E-state index in [1.54, 1.807) is 36.3 Å². The average molecular weight is 675 g/mol. The number of aromatic nitrogens is 3. The maximum Gasteiger partial charge on any atom is 0.306 e. The number of carbonyl (C=O) groups is 3. The molecular weight excluding hydrogens is 623 g/mol. The van der Waals surface area contributed by atoms with Crippen molar-refractivity contribution in [3.8, 4) is 0 Å². The third kappa shape index (κ3) is 15.1. The van der Waals surface area contributed by atoms with Crippen LogP contribution in [0, 0.1) is 0 Å². The highest BCUT2D eigenvalue weighted by Gasteiger charge is 2.22. The van der Waals surface area contributed by atoms with Crippen molar-refractivity contribution in [2.24, 2.45) is 10.1 Å². The Morgan fingerprint density at radius 1 is 1.21 bits per heavy atom. The summed E-state index contributed by atoms with van der Waals surface area (Å²) < 4.78 is 32.1. The molecule has 1 aliphatic heterocycles. The molecule has 48 heavy (non-hydrogen) atoms. The Morgan fingerprint density at radius 3 is 2.62 bits per heavy atom. The Bertz CT molecular complexity index is 1280. The first kappa shape index (κ1) is 40.0. The molecule has 0 saturated carbocycles. The Balaban J connectivity index is 0.00000392. The molecule has 3 atom stereocenters. The largest absolute Gasteiger partial charge is 0.466 e. The van der Waals surface area contributed by atoms with Gasteiger partial charge in [0.15, 0.2) is 6.10 Å². The third-order valence-electron chi connectivity index (χ3n) is 7.41. The molecule has 0 spiro atoms. The fourth-order valence-corrected chi connectivity index (χ4v) is 5.05. The summed E-state index contributed by atoms with van der Waals surface area (Å²) in [4.78, 5) is 46.3. The first-order valence-corrected chi connectivity index (χ1v) is 16.7. The van der Waals surface area contributed by atoms with E-state index in [2.05, 4.69) is 26.5 Å². The number of likely N-dealkylation sites (N-methyl/N-ethyl adjacent to an activating group) is 1. The molecule has 2 aliphatic rings. The predicted octanol–water partition coefficient (Wildman–Crippen LogP) is 4.94. The van der Waals surface area contributed by atoms with Crippen molar-refractivity contribution in [1.82, 2.24) is 19.9 Å². The van der Waals surface area contributed by atoms with Gasteiger partial charge in [0, 0.05) is 31.4 Å². The Morgan fingerprint density at radius 2 is 1.98 bits per heavy atom. The predicted molar refractivity (Wildman–Crippen MR) is 180 cm³/mol. The van der Waals surface area contributed by atoms with Gasteiger partial charge in [0.2, 0.25) is 0 Å².